The monoisotopic (exact) mass is 473 g/mol. The zero-order valence-corrected chi connectivity index (χ0v) is 19.9. The Balaban J connectivity index is 1.46. The second-order valence-electron chi connectivity index (χ2n) is 8.82. The van der Waals surface area contributed by atoms with Gasteiger partial charge in [-0.25, -0.2) is 9.40 Å². The maximum absolute atomic E-state index is 14.6. The number of methoxy groups -OCH3 is 2. The molecular weight excluding hydrogens is 445 g/mol. The van der Waals surface area contributed by atoms with Crippen molar-refractivity contribution in [3.8, 4) is 11.5 Å². The van der Waals surface area contributed by atoms with E-state index in [9.17, 15) is 9.18 Å². The lowest BCUT2D eigenvalue weighted by molar-refractivity contribution is -0.134. The zero-order chi connectivity index (χ0) is 24.4. The van der Waals surface area contributed by atoms with Gasteiger partial charge in [-0.3, -0.25) is 9.69 Å². The molecule has 3 aromatic rings. The smallest absolute Gasteiger partial charge is 0.257 e. The van der Waals surface area contributed by atoms with E-state index in [4.69, 9.17) is 9.47 Å². The van der Waals surface area contributed by atoms with Crippen molar-refractivity contribution in [1.82, 2.24) is 9.91 Å². The van der Waals surface area contributed by atoms with Crippen molar-refractivity contribution >= 4 is 11.6 Å². The summed E-state index contributed by atoms with van der Waals surface area (Å²) in [7, 11) is 3.19. The van der Waals surface area contributed by atoms with Crippen molar-refractivity contribution in [2.45, 2.75) is 25.4 Å². The fraction of sp³-hybridized carbons (Fsp3) is 0.286. The molecule has 0 saturated carbocycles. The molecule has 0 aromatic heterocycles. The third-order valence-corrected chi connectivity index (χ3v) is 6.72. The molecule has 2 heterocycles. The molecule has 0 aliphatic carbocycles. The Kier molecular flexibility index (Phi) is 6.51. The maximum Gasteiger partial charge on any atom is 0.257 e. The molecule has 2 aliphatic heterocycles. The molecule has 5 rings (SSSR count). The van der Waals surface area contributed by atoms with Crippen LogP contribution in [0.3, 0.4) is 0 Å². The minimum absolute atomic E-state index is 0.134. The van der Waals surface area contributed by atoms with Gasteiger partial charge >= 0.3 is 0 Å². The van der Waals surface area contributed by atoms with Gasteiger partial charge in [0, 0.05) is 30.6 Å². The summed E-state index contributed by atoms with van der Waals surface area (Å²) in [5.74, 6) is 0.792. The van der Waals surface area contributed by atoms with Crippen LogP contribution in [-0.4, -0.2) is 48.8 Å². The number of hydrazone groups is 1. The molecule has 0 spiro atoms. The molecule has 1 unspecified atom stereocenters. The van der Waals surface area contributed by atoms with Crippen LogP contribution in [0.5, 0.6) is 11.5 Å². The highest BCUT2D eigenvalue weighted by atomic mass is 19.1. The van der Waals surface area contributed by atoms with Crippen molar-refractivity contribution in [2.24, 2.45) is 5.10 Å². The molecule has 0 N–H and O–H groups in total. The van der Waals surface area contributed by atoms with E-state index in [-0.39, 0.29) is 18.3 Å². The summed E-state index contributed by atoms with van der Waals surface area (Å²) in [6, 6.07) is 19.9. The van der Waals surface area contributed by atoms with Crippen molar-refractivity contribution in [2.75, 3.05) is 27.3 Å². The minimum Gasteiger partial charge on any atom is -0.497 e. The van der Waals surface area contributed by atoms with E-state index in [2.05, 4.69) is 28.2 Å². The fourth-order valence-corrected chi connectivity index (χ4v) is 4.89. The number of hydrogen-bond donors (Lipinski definition) is 0. The van der Waals surface area contributed by atoms with Crippen LogP contribution in [0, 0.1) is 5.82 Å². The molecule has 35 heavy (non-hydrogen) atoms. The fourth-order valence-electron chi connectivity index (χ4n) is 4.89. The number of carbonyl (C=O) groups excluding carboxylic acids is 1. The van der Waals surface area contributed by atoms with E-state index in [1.807, 2.05) is 24.3 Å². The highest BCUT2D eigenvalue weighted by Crippen LogP contribution is 2.39. The molecular formula is C28H28FN3O3. The van der Waals surface area contributed by atoms with Crippen molar-refractivity contribution in [3.05, 3.63) is 94.8 Å². The summed E-state index contributed by atoms with van der Waals surface area (Å²) in [6.45, 7) is 1.74. The van der Waals surface area contributed by atoms with Crippen LogP contribution in [0.2, 0.25) is 0 Å². The van der Waals surface area contributed by atoms with Gasteiger partial charge in [-0.05, 0) is 41.8 Å². The number of amides is 1. The summed E-state index contributed by atoms with van der Waals surface area (Å²) in [4.78, 5) is 15.8. The predicted octanol–water partition coefficient (Wildman–Crippen LogP) is 4.58. The average Bonchev–Trinajstić information content (AvgIpc) is 3.34. The van der Waals surface area contributed by atoms with Crippen LogP contribution < -0.4 is 9.47 Å². The maximum atomic E-state index is 14.6. The first-order chi connectivity index (χ1) is 17.1. The average molecular weight is 474 g/mol. The molecule has 0 fully saturated rings. The number of carbonyl (C=O) groups is 1. The number of nitrogens with zero attached hydrogens (tertiary/aromatic N) is 3. The molecule has 1 amide bonds. The van der Waals surface area contributed by atoms with Gasteiger partial charge in [0.1, 0.15) is 17.3 Å². The SMILES string of the molecule is COc1ccc(OC)c(C2CC(c3ccccc3F)=NN2C(=O)CN2CCc3ccccc3C2)c1. The molecule has 180 valence electrons. The lowest BCUT2D eigenvalue weighted by atomic mass is 9.97. The second-order valence-corrected chi connectivity index (χ2v) is 8.82. The number of fused-ring (bicyclic) bond motifs is 1. The summed E-state index contributed by atoms with van der Waals surface area (Å²) >= 11 is 0. The topological polar surface area (TPSA) is 54.4 Å². The van der Waals surface area contributed by atoms with E-state index in [1.165, 1.54) is 22.2 Å². The molecule has 0 saturated heterocycles. The second kappa shape index (κ2) is 9.88. The standard InChI is InChI=1S/C28H28FN3O3/c1-34-21-11-12-27(35-2)23(15-21)26-16-25(22-9-5-6-10-24(22)29)30-32(26)28(33)18-31-14-13-19-7-3-4-8-20(19)17-31/h3-12,15,26H,13-14,16-18H2,1-2H3. The number of hydrogen-bond acceptors (Lipinski definition) is 5. The molecule has 0 radical (unpaired) electrons. The lowest BCUT2D eigenvalue weighted by Gasteiger charge is -2.30. The van der Waals surface area contributed by atoms with Gasteiger partial charge in [-0.15, -0.1) is 0 Å². The van der Waals surface area contributed by atoms with Crippen molar-refractivity contribution in [1.29, 1.82) is 0 Å². The third-order valence-electron chi connectivity index (χ3n) is 6.72. The number of ether oxygens (including phenoxy) is 2. The van der Waals surface area contributed by atoms with Gasteiger partial charge in [0.05, 0.1) is 32.5 Å². The lowest BCUT2D eigenvalue weighted by Crippen LogP contribution is -2.40. The highest BCUT2D eigenvalue weighted by Gasteiger charge is 2.36. The predicted molar refractivity (Wildman–Crippen MR) is 132 cm³/mol. The molecule has 6 nitrogen and oxygen atoms in total. The number of benzene rings is 3. The molecule has 1 atom stereocenters. The molecule has 0 bridgehead atoms. The van der Waals surface area contributed by atoms with Crippen LogP contribution in [0.25, 0.3) is 0 Å². The van der Waals surface area contributed by atoms with Gasteiger partial charge < -0.3 is 9.47 Å². The molecule has 2 aliphatic rings. The number of rotatable bonds is 6. The Morgan fingerprint density at radius 1 is 1.03 bits per heavy atom. The van der Waals surface area contributed by atoms with Gasteiger partial charge in [-0.1, -0.05) is 42.5 Å². The van der Waals surface area contributed by atoms with Crippen LogP contribution in [-0.2, 0) is 17.8 Å². The first kappa shape index (κ1) is 23.1. The third kappa shape index (κ3) is 4.64. The normalized spacial score (nSPS) is 17.6. The molecule has 7 heteroatoms. The summed E-state index contributed by atoms with van der Waals surface area (Å²) in [6.07, 6.45) is 1.28. The van der Waals surface area contributed by atoms with E-state index >= 15 is 0 Å². The minimum atomic E-state index is -0.431. The van der Waals surface area contributed by atoms with E-state index < -0.39 is 6.04 Å². The van der Waals surface area contributed by atoms with Gasteiger partial charge in [-0.2, -0.15) is 5.10 Å². The van der Waals surface area contributed by atoms with Gasteiger partial charge in [0.15, 0.2) is 0 Å². The van der Waals surface area contributed by atoms with E-state index in [0.29, 0.717) is 35.7 Å². The van der Waals surface area contributed by atoms with Crippen molar-refractivity contribution in [3.63, 3.8) is 0 Å². The van der Waals surface area contributed by atoms with Crippen molar-refractivity contribution < 1.29 is 18.7 Å². The van der Waals surface area contributed by atoms with Gasteiger partial charge in [0.25, 0.3) is 5.91 Å². The van der Waals surface area contributed by atoms with E-state index in [0.717, 1.165) is 18.5 Å². The first-order valence-corrected chi connectivity index (χ1v) is 11.7. The highest BCUT2D eigenvalue weighted by molar-refractivity contribution is 6.03. The Bertz CT molecular complexity index is 1280. The Hall–Kier alpha value is -3.71. The zero-order valence-electron chi connectivity index (χ0n) is 19.9. The van der Waals surface area contributed by atoms with E-state index in [1.54, 1.807) is 32.4 Å². The van der Waals surface area contributed by atoms with Crippen LogP contribution in [0.15, 0.2) is 71.8 Å². The van der Waals surface area contributed by atoms with Crippen LogP contribution >= 0.6 is 0 Å². The Labute approximate surface area is 204 Å². The molecule has 3 aromatic carbocycles. The van der Waals surface area contributed by atoms with Crippen LogP contribution in [0.4, 0.5) is 4.39 Å². The number of halogens is 1. The summed E-state index contributed by atoms with van der Waals surface area (Å²) < 4.78 is 25.7. The first-order valence-electron chi connectivity index (χ1n) is 11.7. The summed E-state index contributed by atoms with van der Waals surface area (Å²) in [5, 5.41) is 6.15. The van der Waals surface area contributed by atoms with Gasteiger partial charge in [0.2, 0.25) is 0 Å². The van der Waals surface area contributed by atoms with Crippen LogP contribution in [0.1, 0.15) is 34.7 Å². The Morgan fingerprint density at radius 2 is 1.80 bits per heavy atom. The Morgan fingerprint density at radius 3 is 2.57 bits per heavy atom. The quantitative estimate of drug-likeness (QED) is 0.526. The summed E-state index contributed by atoms with van der Waals surface area (Å²) in [5.41, 5.74) is 4.29. The largest absolute Gasteiger partial charge is 0.497 e.